The van der Waals surface area contributed by atoms with Gasteiger partial charge in [-0.2, -0.15) is 0 Å². The lowest BCUT2D eigenvalue weighted by Gasteiger charge is -2.39. The molecule has 0 heterocycles. The van der Waals surface area contributed by atoms with Crippen LogP contribution < -0.4 is 0 Å². The van der Waals surface area contributed by atoms with Crippen molar-refractivity contribution in [3.05, 3.63) is 22.8 Å². The van der Waals surface area contributed by atoms with Crippen molar-refractivity contribution in [2.45, 2.75) is 39.5 Å². The summed E-state index contributed by atoms with van der Waals surface area (Å²) < 4.78 is 0. The third-order valence-electron chi connectivity index (χ3n) is 4.48. The van der Waals surface area contributed by atoms with Crippen LogP contribution in [0.2, 0.25) is 0 Å². The zero-order chi connectivity index (χ0) is 12.4. The van der Waals surface area contributed by atoms with Crippen molar-refractivity contribution in [2.75, 3.05) is 13.2 Å². The van der Waals surface area contributed by atoms with E-state index in [4.69, 9.17) is 0 Å². The van der Waals surface area contributed by atoms with Gasteiger partial charge in [0.25, 0.3) is 0 Å². The second kappa shape index (κ2) is 5.36. The van der Waals surface area contributed by atoms with E-state index in [1.54, 1.807) is 0 Å². The topological polar surface area (TPSA) is 40.5 Å². The molecule has 96 valence electrons. The van der Waals surface area contributed by atoms with Crippen molar-refractivity contribution in [1.82, 2.24) is 0 Å². The quantitative estimate of drug-likeness (QED) is 0.740. The van der Waals surface area contributed by atoms with E-state index in [2.05, 4.69) is 19.9 Å². The highest BCUT2D eigenvalue weighted by Crippen LogP contribution is 2.44. The molecule has 0 aromatic rings. The predicted octanol–water partition coefficient (Wildman–Crippen LogP) is 2.67. The normalized spacial score (nSPS) is 29.4. The SMILES string of the molecule is CC(C)C1CCC(CO)=C2CCC(CO)=CC21. The lowest BCUT2D eigenvalue weighted by atomic mass is 9.66. The van der Waals surface area contributed by atoms with Crippen molar-refractivity contribution in [1.29, 1.82) is 0 Å². The summed E-state index contributed by atoms with van der Waals surface area (Å²) in [6.45, 7) is 4.99. The zero-order valence-corrected chi connectivity index (χ0v) is 10.9. The molecule has 2 N–H and O–H groups in total. The number of hydrogen-bond donors (Lipinski definition) is 2. The van der Waals surface area contributed by atoms with Gasteiger partial charge in [-0.05, 0) is 48.7 Å². The summed E-state index contributed by atoms with van der Waals surface area (Å²) in [7, 11) is 0. The van der Waals surface area contributed by atoms with Crippen molar-refractivity contribution in [3.8, 4) is 0 Å². The Kier molecular flexibility index (Phi) is 4.05. The number of aliphatic hydroxyl groups is 2. The molecule has 0 aromatic heterocycles. The van der Waals surface area contributed by atoms with Gasteiger partial charge in [0, 0.05) is 5.92 Å². The van der Waals surface area contributed by atoms with E-state index in [1.165, 1.54) is 23.1 Å². The van der Waals surface area contributed by atoms with Crippen molar-refractivity contribution in [2.24, 2.45) is 17.8 Å². The first-order chi connectivity index (χ1) is 8.17. The molecule has 0 bridgehead atoms. The fraction of sp³-hybridized carbons (Fsp3) is 0.733. The van der Waals surface area contributed by atoms with Gasteiger partial charge in [-0.1, -0.05) is 25.5 Å². The van der Waals surface area contributed by atoms with Gasteiger partial charge < -0.3 is 10.2 Å². The molecule has 17 heavy (non-hydrogen) atoms. The molecule has 2 heteroatoms. The summed E-state index contributed by atoms with van der Waals surface area (Å²) in [4.78, 5) is 0. The van der Waals surface area contributed by atoms with Crippen molar-refractivity contribution >= 4 is 0 Å². The standard InChI is InChI=1S/C15H24O2/c1-10(2)13-6-4-12(9-17)14-5-3-11(8-16)7-15(13)14/h7,10,13,15-17H,3-6,8-9H2,1-2H3. The lowest BCUT2D eigenvalue weighted by molar-refractivity contribution is 0.249. The van der Waals surface area contributed by atoms with Gasteiger partial charge in [0.2, 0.25) is 0 Å². The number of aliphatic hydroxyl groups excluding tert-OH is 2. The second-order valence-electron chi connectivity index (χ2n) is 5.74. The van der Waals surface area contributed by atoms with Gasteiger partial charge in [0.15, 0.2) is 0 Å². The van der Waals surface area contributed by atoms with Gasteiger partial charge >= 0.3 is 0 Å². The molecule has 2 atom stereocenters. The lowest BCUT2D eigenvalue weighted by Crippen LogP contribution is -2.29. The minimum Gasteiger partial charge on any atom is -0.392 e. The monoisotopic (exact) mass is 236 g/mol. The van der Waals surface area contributed by atoms with E-state index >= 15 is 0 Å². The zero-order valence-electron chi connectivity index (χ0n) is 10.9. The van der Waals surface area contributed by atoms with Crippen LogP contribution in [0.5, 0.6) is 0 Å². The molecule has 0 aliphatic heterocycles. The Labute approximate surface area is 104 Å². The van der Waals surface area contributed by atoms with E-state index in [-0.39, 0.29) is 13.2 Å². The molecule has 0 saturated carbocycles. The summed E-state index contributed by atoms with van der Waals surface area (Å²) in [6, 6.07) is 0. The molecule has 2 aliphatic rings. The molecule has 2 unspecified atom stereocenters. The molecular weight excluding hydrogens is 212 g/mol. The van der Waals surface area contributed by atoms with Gasteiger partial charge in [-0.15, -0.1) is 0 Å². The molecule has 0 fully saturated rings. The van der Waals surface area contributed by atoms with E-state index in [0.717, 1.165) is 19.3 Å². The average molecular weight is 236 g/mol. The predicted molar refractivity (Wildman–Crippen MR) is 69.6 cm³/mol. The van der Waals surface area contributed by atoms with Crippen LogP contribution in [0.3, 0.4) is 0 Å². The van der Waals surface area contributed by atoms with E-state index in [0.29, 0.717) is 17.8 Å². The maximum Gasteiger partial charge on any atom is 0.0644 e. The van der Waals surface area contributed by atoms with Crippen LogP contribution in [0, 0.1) is 17.8 Å². The van der Waals surface area contributed by atoms with E-state index in [1.807, 2.05) is 0 Å². The van der Waals surface area contributed by atoms with Crippen molar-refractivity contribution < 1.29 is 10.2 Å². The minimum atomic E-state index is 0.197. The van der Waals surface area contributed by atoms with Crippen LogP contribution in [0.4, 0.5) is 0 Å². The Balaban J connectivity index is 2.33. The third-order valence-corrected chi connectivity index (χ3v) is 4.48. The summed E-state index contributed by atoms with van der Waals surface area (Å²) in [5, 5.41) is 18.7. The van der Waals surface area contributed by atoms with E-state index in [9.17, 15) is 10.2 Å². The van der Waals surface area contributed by atoms with Gasteiger partial charge in [-0.3, -0.25) is 0 Å². The second-order valence-corrected chi connectivity index (χ2v) is 5.74. The van der Waals surface area contributed by atoms with Crippen LogP contribution in [0.1, 0.15) is 39.5 Å². The van der Waals surface area contributed by atoms with Crippen LogP contribution >= 0.6 is 0 Å². The van der Waals surface area contributed by atoms with Crippen LogP contribution in [0.25, 0.3) is 0 Å². The smallest absolute Gasteiger partial charge is 0.0644 e. The Morgan fingerprint density at radius 2 is 1.94 bits per heavy atom. The van der Waals surface area contributed by atoms with E-state index < -0.39 is 0 Å². The Morgan fingerprint density at radius 3 is 2.53 bits per heavy atom. The first-order valence-electron chi connectivity index (χ1n) is 6.79. The summed E-state index contributed by atoms with van der Waals surface area (Å²) in [5.74, 6) is 1.83. The summed E-state index contributed by atoms with van der Waals surface area (Å²) >= 11 is 0. The van der Waals surface area contributed by atoms with Gasteiger partial charge in [0.05, 0.1) is 13.2 Å². The molecule has 0 aromatic carbocycles. The fourth-order valence-corrected chi connectivity index (χ4v) is 3.44. The Morgan fingerprint density at radius 1 is 1.18 bits per heavy atom. The van der Waals surface area contributed by atoms with Crippen LogP contribution in [0.15, 0.2) is 22.8 Å². The third kappa shape index (κ3) is 2.48. The Bertz CT molecular complexity index is 339. The molecule has 0 saturated heterocycles. The number of allylic oxidation sites excluding steroid dienone is 2. The Hall–Kier alpha value is -0.600. The number of fused-ring (bicyclic) bond motifs is 1. The molecular formula is C15H24O2. The summed E-state index contributed by atoms with van der Waals surface area (Å²) in [6.07, 6.45) is 6.52. The first kappa shape index (κ1) is 12.8. The van der Waals surface area contributed by atoms with Gasteiger partial charge in [-0.25, -0.2) is 0 Å². The highest BCUT2D eigenvalue weighted by Gasteiger charge is 2.33. The highest BCUT2D eigenvalue weighted by atomic mass is 16.3. The molecule has 2 nitrogen and oxygen atoms in total. The molecule has 0 amide bonds. The molecule has 0 radical (unpaired) electrons. The maximum absolute atomic E-state index is 9.45. The average Bonchev–Trinajstić information content (AvgIpc) is 2.36. The first-order valence-corrected chi connectivity index (χ1v) is 6.79. The van der Waals surface area contributed by atoms with Crippen LogP contribution in [-0.2, 0) is 0 Å². The van der Waals surface area contributed by atoms with Crippen LogP contribution in [-0.4, -0.2) is 23.4 Å². The van der Waals surface area contributed by atoms with Crippen molar-refractivity contribution in [3.63, 3.8) is 0 Å². The highest BCUT2D eigenvalue weighted by molar-refractivity contribution is 5.31. The number of hydrogen-bond acceptors (Lipinski definition) is 2. The minimum absolute atomic E-state index is 0.197. The molecule has 0 spiro atoms. The van der Waals surface area contributed by atoms with Gasteiger partial charge in [0.1, 0.15) is 0 Å². The fourth-order valence-electron chi connectivity index (χ4n) is 3.44. The molecule has 2 aliphatic carbocycles. The summed E-state index contributed by atoms with van der Waals surface area (Å²) in [5.41, 5.74) is 3.92. The maximum atomic E-state index is 9.45. The molecule has 2 rings (SSSR count). The largest absolute Gasteiger partial charge is 0.392 e. The number of rotatable bonds is 3.